The fraction of sp³-hybridized carbons (Fsp3) is 0.375. The summed E-state index contributed by atoms with van der Waals surface area (Å²) in [5, 5.41) is 11.2. The van der Waals surface area contributed by atoms with Gasteiger partial charge in [0.15, 0.2) is 0 Å². The van der Waals surface area contributed by atoms with Gasteiger partial charge >= 0.3 is 0 Å². The summed E-state index contributed by atoms with van der Waals surface area (Å²) in [6.07, 6.45) is 1.24. The average Bonchev–Trinajstić information content (AvgIpc) is 2.92. The summed E-state index contributed by atoms with van der Waals surface area (Å²) in [6.45, 7) is 2.17. The van der Waals surface area contributed by atoms with Crippen molar-refractivity contribution in [3.05, 3.63) is 50.6 Å². The summed E-state index contributed by atoms with van der Waals surface area (Å²) in [5.41, 5.74) is 7.25. The number of benzene rings is 1. The van der Waals surface area contributed by atoms with E-state index in [0.29, 0.717) is 6.42 Å². The lowest BCUT2D eigenvalue weighted by molar-refractivity contribution is 0.172. The minimum Gasteiger partial charge on any atom is -0.483 e. The van der Waals surface area contributed by atoms with Gasteiger partial charge in [0.05, 0.1) is 0 Å². The fourth-order valence-corrected chi connectivity index (χ4v) is 3.68. The number of hydrogen-bond donors (Lipinski definition) is 2. The van der Waals surface area contributed by atoms with Crippen molar-refractivity contribution in [1.29, 1.82) is 0 Å². The van der Waals surface area contributed by atoms with E-state index in [-0.39, 0.29) is 18.8 Å². The number of rotatable bonds is 7. The van der Waals surface area contributed by atoms with Crippen molar-refractivity contribution in [3.8, 4) is 5.75 Å². The molecule has 1 aromatic carbocycles. The van der Waals surface area contributed by atoms with Crippen LogP contribution in [-0.2, 0) is 6.42 Å². The third-order valence-corrected chi connectivity index (χ3v) is 5.09. The number of thiophene rings is 1. The predicted octanol–water partition coefficient (Wildman–Crippen LogP) is 3.90. The number of aliphatic hydroxyl groups excluding tert-OH is 1. The van der Waals surface area contributed by atoms with Gasteiger partial charge in [-0.05, 0) is 46.5 Å². The van der Waals surface area contributed by atoms with Crippen LogP contribution in [-0.4, -0.2) is 17.8 Å². The van der Waals surface area contributed by atoms with Crippen LogP contribution in [0.15, 0.2) is 40.2 Å². The lowest BCUT2D eigenvalue weighted by atomic mass is 10.1. The molecule has 0 aliphatic carbocycles. The molecular formula is C16H20BrNO2S. The van der Waals surface area contributed by atoms with Gasteiger partial charge in [-0.1, -0.05) is 25.1 Å². The maximum absolute atomic E-state index is 9.17. The molecule has 5 heteroatoms. The van der Waals surface area contributed by atoms with E-state index in [1.54, 1.807) is 11.3 Å². The highest BCUT2D eigenvalue weighted by Crippen LogP contribution is 2.33. The molecule has 3 nitrogen and oxygen atoms in total. The van der Waals surface area contributed by atoms with E-state index in [0.717, 1.165) is 27.1 Å². The Kier molecular flexibility index (Phi) is 6.23. The highest BCUT2D eigenvalue weighted by molar-refractivity contribution is 9.10. The Morgan fingerprint density at radius 3 is 2.76 bits per heavy atom. The minimum absolute atomic E-state index is 0.0715. The van der Waals surface area contributed by atoms with Gasteiger partial charge in [-0.2, -0.15) is 0 Å². The Labute approximate surface area is 137 Å². The molecule has 0 amide bonds. The van der Waals surface area contributed by atoms with Crippen molar-refractivity contribution in [2.45, 2.75) is 31.9 Å². The highest BCUT2D eigenvalue weighted by Gasteiger charge is 2.23. The zero-order valence-electron chi connectivity index (χ0n) is 12.0. The number of nitrogens with two attached hydrogens (primary N) is 1. The van der Waals surface area contributed by atoms with Gasteiger partial charge in [0.2, 0.25) is 0 Å². The third-order valence-electron chi connectivity index (χ3n) is 3.34. The van der Waals surface area contributed by atoms with Gasteiger partial charge in [-0.3, -0.25) is 0 Å². The van der Waals surface area contributed by atoms with E-state index < -0.39 is 0 Å². The quantitative estimate of drug-likeness (QED) is 0.777. The third kappa shape index (κ3) is 4.30. The zero-order chi connectivity index (χ0) is 15.2. The Morgan fingerprint density at radius 1 is 1.38 bits per heavy atom. The van der Waals surface area contributed by atoms with Crippen LogP contribution >= 0.6 is 27.3 Å². The van der Waals surface area contributed by atoms with Crippen LogP contribution in [0.25, 0.3) is 0 Å². The molecule has 1 heterocycles. The van der Waals surface area contributed by atoms with E-state index in [4.69, 9.17) is 15.6 Å². The summed E-state index contributed by atoms with van der Waals surface area (Å²) >= 11 is 5.12. The molecule has 0 aliphatic rings. The normalized spacial score (nSPS) is 13.9. The lowest BCUT2D eigenvalue weighted by Crippen LogP contribution is -2.31. The van der Waals surface area contributed by atoms with E-state index in [1.165, 1.54) is 0 Å². The van der Waals surface area contributed by atoms with Gasteiger partial charge in [-0.15, -0.1) is 11.3 Å². The van der Waals surface area contributed by atoms with Crippen molar-refractivity contribution < 1.29 is 9.84 Å². The van der Waals surface area contributed by atoms with Crippen molar-refractivity contribution in [2.24, 2.45) is 5.73 Å². The molecule has 1 aromatic heterocycles. The molecule has 2 aromatic rings. The van der Waals surface area contributed by atoms with Crippen LogP contribution in [0.1, 0.15) is 29.9 Å². The summed E-state index contributed by atoms with van der Waals surface area (Å²) < 4.78 is 7.25. The second kappa shape index (κ2) is 7.94. The van der Waals surface area contributed by atoms with E-state index in [1.807, 2.05) is 29.6 Å². The predicted molar refractivity (Wildman–Crippen MR) is 90.9 cm³/mol. The standard InChI is InChI=1S/C16H20BrNO2S/c1-2-13(18)16(15-9-12(17)10-21-15)20-14-6-4-3-5-11(14)7-8-19/h3-6,9-10,13,16,19H,2,7-8,18H2,1H3. The molecule has 2 atom stereocenters. The topological polar surface area (TPSA) is 55.5 Å². The van der Waals surface area contributed by atoms with Gasteiger partial charge in [0.1, 0.15) is 11.9 Å². The van der Waals surface area contributed by atoms with Crippen LogP contribution in [0.4, 0.5) is 0 Å². The van der Waals surface area contributed by atoms with Crippen molar-refractivity contribution >= 4 is 27.3 Å². The fourth-order valence-electron chi connectivity index (χ4n) is 2.13. The Hall–Kier alpha value is -0.880. The molecule has 114 valence electrons. The average molecular weight is 370 g/mol. The molecule has 0 radical (unpaired) electrons. The molecule has 0 saturated heterocycles. The molecule has 0 saturated carbocycles. The van der Waals surface area contributed by atoms with Crippen LogP contribution in [0, 0.1) is 0 Å². The number of hydrogen-bond acceptors (Lipinski definition) is 4. The largest absolute Gasteiger partial charge is 0.483 e. The molecule has 0 spiro atoms. The molecule has 0 fully saturated rings. The number of para-hydroxylation sites is 1. The van der Waals surface area contributed by atoms with Crippen LogP contribution in [0.3, 0.4) is 0 Å². The Morgan fingerprint density at radius 2 is 2.14 bits per heavy atom. The van der Waals surface area contributed by atoms with Crippen molar-refractivity contribution in [3.63, 3.8) is 0 Å². The Balaban J connectivity index is 2.27. The maximum atomic E-state index is 9.17. The van der Waals surface area contributed by atoms with Gasteiger partial charge < -0.3 is 15.6 Å². The summed E-state index contributed by atoms with van der Waals surface area (Å²) in [4.78, 5) is 1.11. The SMILES string of the molecule is CCC(N)C(Oc1ccccc1CCO)c1cc(Br)cs1. The van der Waals surface area contributed by atoms with E-state index in [2.05, 4.69) is 28.9 Å². The Bertz CT molecular complexity index is 573. The van der Waals surface area contributed by atoms with Crippen LogP contribution in [0.5, 0.6) is 5.75 Å². The molecule has 21 heavy (non-hydrogen) atoms. The number of ether oxygens (including phenoxy) is 1. The van der Waals surface area contributed by atoms with E-state index in [9.17, 15) is 0 Å². The van der Waals surface area contributed by atoms with Crippen molar-refractivity contribution in [1.82, 2.24) is 0 Å². The zero-order valence-corrected chi connectivity index (χ0v) is 14.4. The molecule has 2 rings (SSSR count). The second-order valence-electron chi connectivity index (χ2n) is 4.86. The first kappa shape index (κ1) is 16.5. The summed E-state index contributed by atoms with van der Waals surface area (Å²) in [7, 11) is 0. The first-order chi connectivity index (χ1) is 10.2. The van der Waals surface area contributed by atoms with Crippen LogP contribution < -0.4 is 10.5 Å². The number of halogens is 1. The lowest BCUT2D eigenvalue weighted by Gasteiger charge is -2.24. The van der Waals surface area contributed by atoms with Gasteiger partial charge in [0, 0.05) is 27.4 Å². The summed E-state index contributed by atoms with van der Waals surface area (Å²) in [5.74, 6) is 0.796. The van der Waals surface area contributed by atoms with Gasteiger partial charge in [-0.25, -0.2) is 0 Å². The minimum atomic E-state index is -0.175. The molecule has 0 bridgehead atoms. The maximum Gasteiger partial charge on any atom is 0.148 e. The van der Waals surface area contributed by atoms with Gasteiger partial charge in [0.25, 0.3) is 0 Å². The smallest absolute Gasteiger partial charge is 0.148 e. The first-order valence-electron chi connectivity index (χ1n) is 7.00. The monoisotopic (exact) mass is 369 g/mol. The first-order valence-corrected chi connectivity index (χ1v) is 8.68. The second-order valence-corrected chi connectivity index (χ2v) is 6.72. The molecule has 2 unspecified atom stereocenters. The van der Waals surface area contributed by atoms with Crippen molar-refractivity contribution in [2.75, 3.05) is 6.61 Å². The van der Waals surface area contributed by atoms with E-state index >= 15 is 0 Å². The molecule has 0 aliphatic heterocycles. The molecular weight excluding hydrogens is 350 g/mol. The number of aliphatic hydroxyl groups is 1. The van der Waals surface area contributed by atoms with Crippen LogP contribution in [0.2, 0.25) is 0 Å². The summed E-state index contributed by atoms with van der Waals surface area (Å²) in [6, 6.07) is 9.79. The molecule has 3 N–H and O–H groups in total. The highest BCUT2D eigenvalue weighted by atomic mass is 79.9.